The molecule has 1 aromatic carbocycles. The molecule has 1 aliphatic rings. The zero-order valence-corrected chi connectivity index (χ0v) is 11.4. The second-order valence-electron chi connectivity index (χ2n) is 5.26. The third-order valence-electron chi connectivity index (χ3n) is 3.98. The van der Waals surface area contributed by atoms with Gasteiger partial charge in [-0.2, -0.15) is 5.26 Å². The van der Waals surface area contributed by atoms with E-state index in [1.54, 1.807) is 0 Å². The number of hydrogen-bond acceptors (Lipinski definition) is 2. The van der Waals surface area contributed by atoms with Crippen molar-refractivity contribution in [1.29, 1.82) is 5.26 Å². The molecule has 1 fully saturated rings. The summed E-state index contributed by atoms with van der Waals surface area (Å²) in [7, 11) is 0. The van der Waals surface area contributed by atoms with Gasteiger partial charge in [-0.25, -0.2) is 0 Å². The van der Waals surface area contributed by atoms with Crippen molar-refractivity contribution in [2.24, 2.45) is 5.41 Å². The molecule has 19 heavy (non-hydrogen) atoms. The first-order valence-corrected chi connectivity index (χ1v) is 7.02. The van der Waals surface area contributed by atoms with Gasteiger partial charge in [0.05, 0.1) is 6.07 Å². The zero-order chi connectivity index (χ0) is 13.7. The molecule has 0 atom stereocenters. The fourth-order valence-corrected chi connectivity index (χ4v) is 2.62. The molecule has 0 spiro atoms. The van der Waals surface area contributed by atoms with Crippen molar-refractivity contribution < 1.29 is 4.79 Å². The van der Waals surface area contributed by atoms with Crippen LogP contribution >= 0.6 is 0 Å². The number of nitrogens with zero attached hydrogens (tertiary/aromatic N) is 1. The van der Waals surface area contributed by atoms with Crippen molar-refractivity contribution in [2.45, 2.75) is 45.4 Å². The third kappa shape index (κ3) is 2.96. The van der Waals surface area contributed by atoms with Crippen LogP contribution in [-0.4, -0.2) is 5.91 Å². The van der Waals surface area contributed by atoms with Gasteiger partial charge in [-0.15, -0.1) is 0 Å². The molecule has 0 radical (unpaired) electrons. The molecule has 2 rings (SSSR count). The lowest BCUT2D eigenvalue weighted by atomic mass is 9.74. The number of amides is 1. The number of nitrogens with one attached hydrogen (secondary N) is 1. The highest BCUT2D eigenvalue weighted by molar-refractivity contribution is 5.97. The van der Waals surface area contributed by atoms with Crippen LogP contribution in [-0.2, 0) is 11.2 Å². The Hall–Kier alpha value is -1.82. The highest BCUT2D eigenvalue weighted by Gasteiger charge is 2.39. The summed E-state index contributed by atoms with van der Waals surface area (Å²) in [5.74, 6) is -0.140. The van der Waals surface area contributed by atoms with E-state index in [0.29, 0.717) is 12.8 Å². The molecular weight excluding hydrogens is 236 g/mol. The molecule has 3 nitrogen and oxygen atoms in total. The van der Waals surface area contributed by atoms with Crippen LogP contribution in [0, 0.1) is 16.7 Å². The maximum atomic E-state index is 12.3. The van der Waals surface area contributed by atoms with Crippen LogP contribution in [0.5, 0.6) is 0 Å². The normalized spacial score (nSPS) is 17.5. The van der Waals surface area contributed by atoms with Gasteiger partial charge in [-0.3, -0.25) is 4.79 Å². The number of benzene rings is 1. The quantitative estimate of drug-likeness (QED) is 0.897. The molecule has 1 N–H and O–H groups in total. The first-order valence-electron chi connectivity index (χ1n) is 7.02. The fourth-order valence-electron chi connectivity index (χ4n) is 2.62. The van der Waals surface area contributed by atoms with Crippen LogP contribution in [0.4, 0.5) is 5.69 Å². The second kappa shape index (κ2) is 5.88. The third-order valence-corrected chi connectivity index (χ3v) is 3.98. The highest BCUT2D eigenvalue weighted by atomic mass is 16.2. The van der Waals surface area contributed by atoms with Gasteiger partial charge in [0.1, 0.15) is 5.41 Å². The fraction of sp³-hybridized carbons (Fsp3) is 0.500. The smallest absolute Gasteiger partial charge is 0.244 e. The van der Waals surface area contributed by atoms with Gasteiger partial charge in [0.15, 0.2) is 0 Å². The minimum Gasteiger partial charge on any atom is -0.325 e. The zero-order valence-electron chi connectivity index (χ0n) is 11.4. The molecule has 1 amide bonds. The lowest BCUT2D eigenvalue weighted by Crippen LogP contribution is -2.36. The molecule has 0 aromatic heterocycles. The maximum Gasteiger partial charge on any atom is 0.244 e. The first kappa shape index (κ1) is 13.6. The molecule has 1 aromatic rings. The van der Waals surface area contributed by atoms with Crippen LogP contribution in [0.25, 0.3) is 0 Å². The van der Waals surface area contributed by atoms with Crippen molar-refractivity contribution in [3.63, 3.8) is 0 Å². The number of hydrogen-bond donors (Lipinski definition) is 1. The van der Waals surface area contributed by atoms with Gasteiger partial charge in [0, 0.05) is 5.69 Å². The molecular formula is C16H20N2O. The summed E-state index contributed by atoms with van der Waals surface area (Å²) in [6, 6.07) is 10.1. The van der Waals surface area contributed by atoms with Crippen LogP contribution in [0.15, 0.2) is 24.3 Å². The van der Waals surface area contributed by atoms with E-state index in [0.717, 1.165) is 31.4 Å². The summed E-state index contributed by atoms with van der Waals surface area (Å²) < 4.78 is 0. The van der Waals surface area contributed by atoms with Crippen LogP contribution < -0.4 is 5.32 Å². The summed E-state index contributed by atoms with van der Waals surface area (Å²) in [5, 5.41) is 12.3. The minimum atomic E-state index is -0.818. The summed E-state index contributed by atoms with van der Waals surface area (Å²) in [6.45, 7) is 2.10. The predicted molar refractivity (Wildman–Crippen MR) is 75.6 cm³/mol. The Morgan fingerprint density at radius 2 is 1.89 bits per heavy atom. The topological polar surface area (TPSA) is 52.9 Å². The first-order chi connectivity index (χ1) is 9.20. The van der Waals surface area contributed by atoms with E-state index in [4.69, 9.17) is 0 Å². The monoisotopic (exact) mass is 256 g/mol. The van der Waals surface area contributed by atoms with Gasteiger partial charge in [0.25, 0.3) is 0 Å². The van der Waals surface area contributed by atoms with Crippen molar-refractivity contribution in [3.05, 3.63) is 29.8 Å². The SMILES string of the molecule is CCc1ccc(NC(=O)C2(C#N)CCCCC2)cc1. The maximum absolute atomic E-state index is 12.3. The lowest BCUT2D eigenvalue weighted by molar-refractivity contribution is -0.124. The standard InChI is InChI=1S/C16H20N2O/c1-2-13-6-8-14(9-7-13)18-15(19)16(12-17)10-4-3-5-11-16/h6-9H,2-5,10-11H2,1H3,(H,18,19). The number of anilines is 1. The van der Waals surface area contributed by atoms with Crippen molar-refractivity contribution >= 4 is 11.6 Å². The van der Waals surface area contributed by atoms with Crippen LogP contribution in [0.1, 0.15) is 44.6 Å². The average Bonchev–Trinajstić information content (AvgIpc) is 2.48. The van der Waals surface area contributed by atoms with Gasteiger partial charge >= 0.3 is 0 Å². The molecule has 0 heterocycles. The predicted octanol–water partition coefficient (Wildman–Crippen LogP) is 3.66. The molecule has 1 saturated carbocycles. The number of nitriles is 1. The van der Waals surface area contributed by atoms with E-state index in [9.17, 15) is 10.1 Å². The molecule has 3 heteroatoms. The number of carbonyl (C=O) groups is 1. The number of rotatable bonds is 3. The van der Waals surface area contributed by atoms with E-state index >= 15 is 0 Å². The van der Waals surface area contributed by atoms with E-state index in [1.165, 1.54) is 5.56 Å². The van der Waals surface area contributed by atoms with Crippen LogP contribution in [0.2, 0.25) is 0 Å². The second-order valence-corrected chi connectivity index (χ2v) is 5.26. The van der Waals surface area contributed by atoms with E-state index in [-0.39, 0.29) is 5.91 Å². The molecule has 0 saturated heterocycles. The van der Waals surface area contributed by atoms with E-state index in [2.05, 4.69) is 18.3 Å². The Morgan fingerprint density at radius 3 is 2.42 bits per heavy atom. The molecule has 0 bridgehead atoms. The summed E-state index contributed by atoms with van der Waals surface area (Å²) in [5.41, 5.74) is 1.20. The van der Waals surface area contributed by atoms with Crippen molar-refractivity contribution in [3.8, 4) is 6.07 Å². The highest BCUT2D eigenvalue weighted by Crippen LogP contribution is 2.36. The Kier molecular flexibility index (Phi) is 4.21. The largest absolute Gasteiger partial charge is 0.325 e. The lowest BCUT2D eigenvalue weighted by Gasteiger charge is -2.29. The Bertz CT molecular complexity index is 478. The molecule has 0 aliphatic heterocycles. The Morgan fingerprint density at radius 1 is 1.26 bits per heavy atom. The summed E-state index contributed by atoms with van der Waals surface area (Å²) in [6.07, 6.45) is 5.41. The number of aryl methyl sites for hydroxylation is 1. The summed E-state index contributed by atoms with van der Waals surface area (Å²) >= 11 is 0. The Labute approximate surface area is 114 Å². The molecule has 1 aliphatic carbocycles. The minimum absolute atomic E-state index is 0.140. The van der Waals surface area contributed by atoms with Crippen LogP contribution in [0.3, 0.4) is 0 Å². The van der Waals surface area contributed by atoms with Gasteiger partial charge < -0.3 is 5.32 Å². The van der Waals surface area contributed by atoms with E-state index < -0.39 is 5.41 Å². The van der Waals surface area contributed by atoms with Crippen molar-refractivity contribution in [2.75, 3.05) is 5.32 Å². The van der Waals surface area contributed by atoms with Gasteiger partial charge in [-0.1, -0.05) is 38.3 Å². The summed E-state index contributed by atoms with van der Waals surface area (Å²) in [4.78, 5) is 12.3. The number of carbonyl (C=O) groups excluding carboxylic acids is 1. The molecule has 0 unspecified atom stereocenters. The average molecular weight is 256 g/mol. The molecule has 100 valence electrons. The Balaban J connectivity index is 2.08. The van der Waals surface area contributed by atoms with Gasteiger partial charge in [-0.05, 0) is 37.0 Å². The van der Waals surface area contributed by atoms with Crippen molar-refractivity contribution in [1.82, 2.24) is 0 Å². The van der Waals surface area contributed by atoms with E-state index in [1.807, 2.05) is 24.3 Å². The van der Waals surface area contributed by atoms with Gasteiger partial charge in [0.2, 0.25) is 5.91 Å².